The summed E-state index contributed by atoms with van der Waals surface area (Å²) in [5.74, 6) is 0.739. The zero-order chi connectivity index (χ0) is 16.8. The minimum absolute atomic E-state index is 0.140. The van der Waals surface area contributed by atoms with Gasteiger partial charge in [-0.05, 0) is 55.0 Å². The maximum Gasteiger partial charge on any atom is 0.253 e. The molecule has 0 spiro atoms. The predicted octanol–water partition coefficient (Wildman–Crippen LogP) is 3.09. The highest BCUT2D eigenvalue weighted by molar-refractivity contribution is 5.85. The molecule has 0 fully saturated rings. The Hall–Kier alpha value is -2.07. The van der Waals surface area contributed by atoms with Crippen LogP contribution in [0, 0.1) is 13.8 Å². The topological polar surface area (TPSA) is 47.6 Å². The van der Waals surface area contributed by atoms with Gasteiger partial charge in [0.05, 0.1) is 0 Å². The lowest BCUT2D eigenvalue weighted by molar-refractivity contribution is -0.128. The number of hydrogen-bond donors (Lipinski definition) is 1. The van der Waals surface area contributed by atoms with Crippen molar-refractivity contribution in [3.63, 3.8) is 0 Å². The van der Waals surface area contributed by atoms with E-state index in [-0.39, 0.29) is 5.91 Å². The lowest BCUT2D eigenvalue weighted by Gasteiger charge is -2.23. The second-order valence-electron chi connectivity index (χ2n) is 5.75. The van der Waals surface area contributed by atoms with Crippen molar-refractivity contribution >= 4 is 5.91 Å². The number of benzene rings is 1. The van der Waals surface area contributed by atoms with Crippen LogP contribution >= 0.6 is 0 Å². The molecule has 0 radical (unpaired) electrons. The summed E-state index contributed by atoms with van der Waals surface area (Å²) in [7, 11) is 3.17. The fraction of sp³-hybridized carbons (Fsp3) is 0.421. The van der Waals surface area contributed by atoms with Crippen molar-refractivity contribution in [1.82, 2.24) is 5.32 Å². The molecule has 124 valence electrons. The van der Waals surface area contributed by atoms with Gasteiger partial charge >= 0.3 is 0 Å². The third-order valence-corrected chi connectivity index (χ3v) is 4.02. The van der Waals surface area contributed by atoms with Crippen LogP contribution in [0.2, 0.25) is 0 Å². The molecular formula is C19H25NO3. The number of rotatable bonds is 6. The zero-order valence-corrected chi connectivity index (χ0v) is 14.3. The molecular weight excluding hydrogens is 290 g/mol. The van der Waals surface area contributed by atoms with E-state index in [2.05, 4.69) is 29.6 Å². The highest BCUT2D eigenvalue weighted by atomic mass is 16.5. The minimum Gasteiger partial charge on any atom is -0.489 e. The van der Waals surface area contributed by atoms with Crippen LogP contribution in [0.4, 0.5) is 0 Å². The first-order valence-corrected chi connectivity index (χ1v) is 7.90. The largest absolute Gasteiger partial charge is 0.489 e. The molecule has 1 aromatic rings. The van der Waals surface area contributed by atoms with E-state index in [1.54, 1.807) is 14.2 Å². The van der Waals surface area contributed by atoms with Gasteiger partial charge < -0.3 is 14.8 Å². The summed E-state index contributed by atoms with van der Waals surface area (Å²) in [4.78, 5) is 12.0. The summed E-state index contributed by atoms with van der Waals surface area (Å²) in [6, 6.07) is 6.16. The van der Waals surface area contributed by atoms with Crippen molar-refractivity contribution in [3.8, 4) is 5.75 Å². The van der Waals surface area contributed by atoms with Crippen molar-refractivity contribution in [3.05, 3.63) is 52.6 Å². The minimum atomic E-state index is -0.589. The third kappa shape index (κ3) is 4.23. The smallest absolute Gasteiger partial charge is 0.253 e. The lowest BCUT2D eigenvalue weighted by Crippen LogP contribution is -2.36. The molecule has 1 unspecified atom stereocenters. The number of carbonyl (C=O) groups excluding carboxylic acids is 1. The van der Waals surface area contributed by atoms with E-state index in [9.17, 15) is 4.79 Å². The quantitative estimate of drug-likeness (QED) is 0.877. The summed E-state index contributed by atoms with van der Waals surface area (Å²) < 4.78 is 11.4. The monoisotopic (exact) mass is 315 g/mol. The molecule has 0 bridgehead atoms. The molecule has 4 nitrogen and oxygen atoms in total. The summed E-state index contributed by atoms with van der Waals surface area (Å²) >= 11 is 0. The first-order valence-electron chi connectivity index (χ1n) is 7.90. The van der Waals surface area contributed by atoms with Gasteiger partial charge in [-0.3, -0.25) is 4.79 Å². The second kappa shape index (κ2) is 7.97. The number of ether oxygens (including phenoxy) is 2. The normalized spacial score (nSPS) is 15.5. The Morgan fingerprint density at radius 3 is 2.70 bits per heavy atom. The Bertz CT molecular complexity index is 632. The van der Waals surface area contributed by atoms with Crippen molar-refractivity contribution in [2.24, 2.45) is 0 Å². The molecule has 0 saturated heterocycles. The van der Waals surface area contributed by atoms with Gasteiger partial charge in [0.25, 0.3) is 5.91 Å². The third-order valence-electron chi connectivity index (χ3n) is 4.02. The molecule has 0 heterocycles. The predicted molar refractivity (Wildman–Crippen MR) is 91.7 cm³/mol. The number of hydrogen-bond acceptors (Lipinski definition) is 3. The molecule has 2 rings (SSSR count). The maximum absolute atomic E-state index is 12.0. The molecule has 1 atom stereocenters. The maximum atomic E-state index is 12.0. The van der Waals surface area contributed by atoms with Gasteiger partial charge in [-0.15, -0.1) is 0 Å². The van der Waals surface area contributed by atoms with Crippen molar-refractivity contribution in [2.75, 3.05) is 20.8 Å². The van der Waals surface area contributed by atoms with E-state index < -0.39 is 6.10 Å². The molecule has 0 aliphatic heterocycles. The fourth-order valence-corrected chi connectivity index (χ4v) is 2.69. The van der Waals surface area contributed by atoms with Gasteiger partial charge in [-0.2, -0.15) is 0 Å². The van der Waals surface area contributed by atoms with Crippen LogP contribution in [-0.2, 0) is 9.53 Å². The van der Waals surface area contributed by atoms with Crippen LogP contribution in [0.25, 0.3) is 0 Å². The number of nitrogens with one attached hydrogen (secondary N) is 1. The molecule has 0 aromatic heterocycles. The number of carbonyl (C=O) groups is 1. The zero-order valence-electron chi connectivity index (χ0n) is 14.3. The van der Waals surface area contributed by atoms with Gasteiger partial charge in [-0.1, -0.05) is 24.3 Å². The molecule has 0 saturated carbocycles. The SMILES string of the molecule is CNC(=O)C(OC)C1=CCCC=C1COc1cc(C)ccc1C. The highest BCUT2D eigenvalue weighted by Crippen LogP contribution is 2.26. The molecule has 1 aliphatic rings. The molecule has 1 amide bonds. The standard InChI is InChI=1S/C19H25NO3/c1-13-9-10-14(2)17(11-13)23-12-15-7-5-6-8-16(15)18(22-4)19(21)20-3/h7-11,18H,5-6,12H2,1-4H3,(H,20,21). The van der Waals surface area contributed by atoms with Gasteiger partial charge in [0.15, 0.2) is 6.10 Å². The van der Waals surface area contributed by atoms with E-state index in [0.717, 1.165) is 35.3 Å². The fourth-order valence-electron chi connectivity index (χ4n) is 2.69. The second-order valence-corrected chi connectivity index (χ2v) is 5.75. The molecule has 23 heavy (non-hydrogen) atoms. The lowest BCUT2D eigenvalue weighted by atomic mass is 9.93. The van der Waals surface area contributed by atoms with Crippen LogP contribution in [0.1, 0.15) is 24.0 Å². The molecule has 1 N–H and O–H groups in total. The summed E-state index contributed by atoms with van der Waals surface area (Å²) in [6.45, 7) is 4.51. The Kier molecular flexibility index (Phi) is 5.99. The van der Waals surface area contributed by atoms with E-state index >= 15 is 0 Å². The first kappa shape index (κ1) is 17.3. The summed E-state index contributed by atoms with van der Waals surface area (Å²) in [5.41, 5.74) is 4.20. The number of aryl methyl sites for hydroxylation is 2. The summed E-state index contributed by atoms with van der Waals surface area (Å²) in [5, 5.41) is 2.65. The summed E-state index contributed by atoms with van der Waals surface area (Å²) in [6.07, 6.45) is 5.49. The number of amides is 1. The van der Waals surface area contributed by atoms with Gasteiger partial charge in [-0.25, -0.2) is 0 Å². The van der Waals surface area contributed by atoms with E-state index in [4.69, 9.17) is 9.47 Å². The number of allylic oxidation sites excluding steroid dienone is 2. The number of methoxy groups -OCH3 is 1. The Morgan fingerprint density at radius 2 is 2.00 bits per heavy atom. The van der Waals surface area contributed by atoms with E-state index in [1.165, 1.54) is 5.56 Å². The Morgan fingerprint density at radius 1 is 1.26 bits per heavy atom. The van der Waals surface area contributed by atoms with Crippen LogP contribution < -0.4 is 10.1 Å². The molecule has 4 heteroatoms. The van der Waals surface area contributed by atoms with Gasteiger partial charge in [0, 0.05) is 14.2 Å². The molecule has 1 aliphatic carbocycles. The van der Waals surface area contributed by atoms with E-state index in [0.29, 0.717) is 6.61 Å². The Balaban J connectivity index is 2.14. The first-order chi connectivity index (χ1) is 11.1. The van der Waals surface area contributed by atoms with Gasteiger partial charge in [0.1, 0.15) is 12.4 Å². The van der Waals surface area contributed by atoms with Crippen LogP contribution in [0.15, 0.2) is 41.5 Å². The number of likely N-dealkylation sites (N-methyl/N-ethyl adjacent to an activating group) is 1. The van der Waals surface area contributed by atoms with Crippen molar-refractivity contribution in [1.29, 1.82) is 0 Å². The average Bonchev–Trinajstić information content (AvgIpc) is 2.57. The highest BCUT2D eigenvalue weighted by Gasteiger charge is 2.25. The van der Waals surface area contributed by atoms with Crippen LogP contribution in [-0.4, -0.2) is 32.8 Å². The average molecular weight is 315 g/mol. The van der Waals surface area contributed by atoms with E-state index in [1.807, 2.05) is 19.9 Å². The van der Waals surface area contributed by atoms with Crippen molar-refractivity contribution in [2.45, 2.75) is 32.8 Å². The van der Waals surface area contributed by atoms with Gasteiger partial charge in [0.2, 0.25) is 0 Å². The Labute approximate surface area is 138 Å². The molecule has 1 aromatic carbocycles. The van der Waals surface area contributed by atoms with Crippen LogP contribution in [0.5, 0.6) is 5.75 Å². The van der Waals surface area contributed by atoms with Crippen molar-refractivity contribution < 1.29 is 14.3 Å². The van der Waals surface area contributed by atoms with Crippen LogP contribution in [0.3, 0.4) is 0 Å².